The van der Waals surface area contributed by atoms with Crippen LogP contribution in [0.15, 0.2) is 24.3 Å². The van der Waals surface area contributed by atoms with E-state index in [-0.39, 0.29) is 36.3 Å². The lowest BCUT2D eigenvalue weighted by Gasteiger charge is -2.39. The zero-order valence-corrected chi connectivity index (χ0v) is 13.2. The number of morpholine rings is 1. The van der Waals surface area contributed by atoms with Crippen LogP contribution < -0.4 is 5.32 Å². The minimum Gasteiger partial charge on any atom is -0.370 e. The lowest BCUT2D eigenvalue weighted by molar-refractivity contribution is -0.148. The Hall–Kier alpha value is -1.59. The third kappa shape index (κ3) is 3.10. The summed E-state index contributed by atoms with van der Waals surface area (Å²) in [5.74, 6) is -0.278. The number of amides is 2. The van der Waals surface area contributed by atoms with Crippen molar-refractivity contribution in [1.29, 1.82) is 0 Å². The van der Waals surface area contributed by atoms with Gasteiger partial charge in [-0.3, -0.25) is 9.59 Å². The maximum absolute atomic E-state index is 12.7. The first kappa shape index (κ1) is 15.3. The van der Waals surface area contributed by atoms with Crippen LogP contribution >= 0.6 is 11.6 Å². The number of carbonyl (C=O) groups is 2. The summed E-state index contributed by atoms with van der Waals surface area (Å²) >= 11 is 6.03. The molecule has 1 aromatic rings. The number of hydrogen-bond acceptors (Lipinski definition) is 3. The first-order valence-electron chi connectivity index (χ1n) is 7.49. The van der Waals surface area contributed by atoms with Gasteiger partial charge in [-0.2, -0.15) is 0 Å². The fourth-order valence-electron chi connectivity index (χ4n) is 2.99. The minimum absolute atomic E-state index is 0.0126. The molecule has 22 heavy (non-hydrogen) atoms. The minimum atomic E-state index is -0.256. The predicted octanol–water partition coefficient (Wildman–Crippen LogP) is 1.76. The van der Waals surface area contributed by atoms with Gasteiger partial charge in [0, 0.05) is 18.0 Å². The van der Waals surface area contributed by atoms with E-state index in [1.165, 1.54) is 0 Å². The van der Waals surface area contributed by atoms with Gasteiger partial charge in [-0.1, -0.05) is 23.7 Å². The van der Waals surface area contributed by atoms with Crippen molar-refractivity contribution in [3.63, 3.8) is 0 Å². The summed E-state index contributed by atoms with van der Waals surface area (Å²) in [6.45, 7) is 3.38. The van der Waals surface area contributed by atoms with Crippen LogP contribution in [-0.4, -0.2) is 42.5 Å². The molecule has 3 atom stereocenters. The molecule has 2 aliphatic heterocycles. The molecule has 6 heteroatoms. The Balaban J connectivity index is 1.73. The molecule has 1 aromatic carbocycles. The van der Waals surface area contributed by atoms with E-state index >= 15 is 0 Å². The van der Waals surface area contributed by atoms with E-state index in [4.69, 9.17) is 16.3 Å². The van der Waals surface area contributed by atoms with Crippen LogP contribution in [0.4, 0.5) is 0 Å². The third-order valence-electron chi connectivity index (χ3n) is 4.26. The highest BCUT2D eigenvalue weighted by Gasteiger charge is 2.37. The van der Waals surface area contributed by atoms with E-state index in [0.717, 1.165) is 5.56 Å². The molecule has 0 spiro atoms. The Morgan fingerprint density at radius 3 is 2.95 bits per heavy atom. The van der Waals surface area contributed by atoms with Crippen molar-refractivity contribution in [2.75, 3.05) is 19.7 Å². The number of hydrogen-bond donors (Lipinski definition) is 1. The first-order chi connectivity index (χ1) is 10.5. The normalized spacial score (nSPS) is 28.5. The van der Waals surface area contributed by atoms with Crippen LogP contribution in [0.5, 0.6) is 0 Å². The summed E-state index contributed by atoms with van der Waals surface area (Å²) in [4.78, 5) is 25.8. The second-order valence-electron chi connectivity index (χ2n) is 5.92. The number of ether oxygens (including phenoxy) is 1. The Bertz CT molecular complexity index is 593. The average molecular weight is 323 g/mol. The van der Waals surface area contributed by atoms with Gasteiger partial charge in [-0.05, 0) is 24.6 Å². The zero-order valence-electron chi connectivity index (χ0n) is 12.4. The average Bonchev–Trinajstić information content (AvgIpc) is 2.93. The molecule has 118 valence electrons. The Kier molecular flexibility index (Phi) is 4.36. The Morgan fingerprint density at radius 1 is 1.45 bits per heavy atom. The maximum atomic E-state index is 12.7. The molecule has 2 amide bonds. The number of halogens is 1. The van der Waals surface area contributed by atoms with E-state index < -0.39 is 0 Å². The van der Waals surface area contributed by atoms with Crippen LogP contribution in [0.2, 0.25) is 5.02 Å². The van der Waals surface area contributed by atoms with Crippen LogP contribution in [0.25, 0.3) is 0 Å². The van der Waals surface area contributed by atoms with E-state index in [1.807, 2.05) is 36.1 Å². The van der Waals surface area contributed by atoms with Crippen molar-refractivity contribution in [2.45, 2.75) is 25.5 Å². The molecule has 2 saturated heterocycles. The molecule has 0 unspecified atom stereocenters. The van der Waals surface area contributed by atoms with Gasteiger partial charge < -0.3 is 15.0 Å². The van der Waals surface area contributed by atoms with Gasteiger partial charge in [0.1, 0.15) is 6.10 Å². The molecule has 2 fully saturated rings. The highest BCUT2D eigenvalue weighted by Crippen LogP contribution is 2.28. The third-order valence-corrected chi connectivity index (χ3v) is 4.50. The molecule has 0 saturated carbocycles. The molecule has 2 heterocycles. The summed E-state index contributed by atoms with van der Waals surface area (Å²) < 4.78 is 5.86. The number of carbonyl (C=O) groups excluding carboxylic acids is 2. The van der Waals surface area contributed by atoms with Gasteiger partial charge >= 0.3 is 0 Å². The predicted molar refractivity (Wildman–Crippen MR) is 82.4 cm³/mol. The van der Waals surface area contributed by atoms with Crippen molar-refractivity contribution >= 4 is 23.4 Å². The second kappa shape index (κ2) is 6.26. The lowest BCUT2D eigenvalue weighted by atomic mass is 10.0. The van der Waals surface area contributed by atoms with Crippen LogP contribution in [0.1, 0.15) is 25.0 Å². The van der Waals surface area contributed by atoms with Gasteiger partial charge in [0.05, 0.1) is 25.1 Å². The van der Waals surface area contributed by atoms with Gasteiger partial charge in [0.2, 0.25) is 11.8 Å². The lowest BCUT2D eigenvalue weighted by Crippen LogP contribution is -2.50. The van der Waals surface area contributed by atoms with Crippen molar-refractivity contribution < 1.29 is 14.3 Å². The Labute approximate surface area is 134 Å². The first-order valence-corrected chi connectivity index (χ1v) is 7.86. The number of nitrogens with zero attached hydrogens (tertiary/aromatic N) is 1. The highest BCUT2D eigenvalue weighted by molar-refractivity contribution is 6.30. The summed E-state index contributed by atoms with van der Waals surface area (Å²) in [6.07, 6.45) is 0.106. The maximum Gasteiger partial charge on any atom is 0.228 e. The van der Waals surface area contributed by atoms with Gasteiger partial charge in [-0.25, -0.2) is 0 Å². The van der Waals surface area contributed by atoms with Gasteiger partial charge in [0.15, 0.2) is 0 Å². The van der Waals surface area contributed by atoms with Crippen molar-refractivity contribution in [3.05, 3.63) is 34.9 Å². The molecule has 1 N–H and O–H groups in total. The van der Waals surface area contributed by atoms with E-state index in [1.54, 1.807) is 0 Å². The fraction of sp³-hybridized carbons (Fsp3) is 0.500. The zero-order chi connectivity index (χ0) is 15.7. The second-order valence-corrected chi connectivity index (χ2v) is 6.36. The summed E-state index contributed by atoms with van der Waals surface area (Å²) in [5, 5.41) is 3.38. The molecule has 5 nitrogen and oxygen atoms in total. The smallest absolute Gasteiger partial charge is 0.228 e. The van der Waals surface area contributed by atoms with E-state index in [9.17, 15) is 9.59 Å². The fourth-order valence-corrected chi connectivity index (χ4v) is 3.19. The molecule has 0 radical (unpaired) electrons. The molecular weight excluding hydrogens is 304 g/mol. The van der Waals surface area contributed by atoms with Gasteiger partial charge in [0.25, 0.3) is 0 Å². The summed E-state index contributed by atoms with van der Waals surface area (Å²) in [7, 11) is 0. The Morgan fingerprint density at radius 2 is 2.27 bits per heavy atom. The van der Waals surface area contributed by atoms with Crippen LogP contribution in [0.3, 0.4) is 0 Å². The number of nitrogens with one attached hydrogen (secondary N) is 1. The monoisotopic (exact) mass is 322 g/mol. The molecule has 2 aliphatic rings. The molecule has 0 aliphatic carbocycles. The molecular formula is C16H19ClN2O3. The largest absolute Gasteiger partial charge is 0.370 e. The van der Waals surface area contributed by atoms with Crippen LogP contribution in [-0.2, 0) is 14.3 Å². The quantitative estimate of drug-likeness (QED) is 0.902. The van der Waals surface area contributed by atoms with E-state index in [0.29, 0.717) is 24.7 Å². The molecule has 3 rings (SSSR count). The number of benzene rings is 1. The standard InChI is InChI=1S/C16H19ClN2O3/c1-10-9-22-14(11-3-2-4-13(17)5-11)8-19(10)16(21)12-6-15(20)18-7-12/h2-5,10,12,14H,6-9H2,1H3,(H,18,20)/t10-,12-,14+/m1/s1. The van der Waals surface area contributed by atoms with Gasteiger partial charge in [-0.15, -0.1) is 0 Å². The van der Waals surface area contributed by atoms with Crippen molar-refractivity contribution in [1.82, 2.24) is 10.2 Å². The summed E-state index contributed by atoms with van der Waals surface area (Å²) in [6, 6.07) is 7.53. The van der Waals surface area contributed by atoms with E-state index in [2.05, 4.69) is 5.32 Å². The molecule has 0 aromatic heterocycles. The summed E-state index contributed by atoms with van der Waals surface area (Å²) in [5.41, 5.74) is 0.970. The van der Waals surface area contributed by atoms with Crippen LogP contribution in [0, 0.1) is 5.92 Å². The van der Waals surface area contributed by atoms with Crippen molar-refractivity contribution in [2.24, 2.45) is 5.92 Å². The number of rotatable bonds is 2. The SMILES string of the molecule is C[C@@H]1CO[C@H](c2cccc(Cl)c2)CN1C(=O)[C@H]1CNC(=O)C1. The highest BCUT2D eigenvalue weighted by atomic mass is 35.5. The topological polar surface area (TPSA) is 58.6 Å². The molecule has 0 bridgehead atoms. The van der Waals surface area contributed by atoms with Crippen molar-refractivity contribution in [3.8, 4) is 0 Å².